The van der Waals surface area contributed by atoms with E-state index in [1.54, 1.807) is 0 Å². The first-order valence-electron chi connectivity index (χ1n) is 7.15. The second kappa shape index (κ2) is 6.58. The van der Waals surface area contributed by atoms with Crippen LogP contribution in [0.15, 0.2) is 48.5 Å². The summed E-state index contributed by atoms with van der Waals surface area (Å²) in [5, 5.41) is 9.82. The molecule has 106 valence electrons. The maximum Gasteiger partial charge on any atom is 0.0787 e. The van der Waals surface area contributed by atoms with Crippen molar-refractivity contribution in [1.82, 2.24) is 0 Å². The number of hydrogen-bond donors (Lipinski definition) is 1. The molecule has 1 unspecified atom stereocenters. The van der Waals surface area contributed by atoms with Crippen LogP contribution >= 0.6 is 0 Å². The molecule has 1 N–H and O–H groups in total. The molecule has 0 saturated carbocycles. The van der Waals surface area contributed by atoms with Crippen LogP contribution in [0.3, 0.4) is 0 Å². The highest BCUT2D eigenvalue weighted by molar-refractivity contribution is 5.48. The second-order valence-electron chi connectivity index (χ2n) is 5.30. The van der Waals surface area contributed by atoms with E-state index in [4.69, 9.17) is 0 Å². The van der Waals surface area contributed by atoms with Gasteiger partial charge in [-0.3, -0.25) is 0 Å². The van der Waals surface area contributed by atoms with Crippen LogP contribution in [0.25, 0.3) is 0 Å². The van der Waals surface area contributed by atoms with E-state index in [1.165, 1.54) is 16.8 Å². The fourth-order valence-electron chi connectivity index (χ4n) is 2.32. The SMILES string of the molecule is CCC(O)c1ccc(N(C)Cc2ccccc2C)cc1. The van der Waals surface area contributed by atoms with Crippen molar-refractivity contribution in [1.29, 1.82) is 0 Å². The van der Waals surface area contributed by atoms with Crippen molar-refractivity contribution >= 4 is 5.69 Å². The molecule has 0 spiro atoms. The zero-order valence-electron chi connectivity index (χ0n) is 12.5. The number of nitrogens with zero attached hydrogens (tertiary/aromatic N) is 1. The zero-order valence-corrected chi connectivity index (χ0v) is 12.5. The number of anilines is 1. The lowest BCUT2D eigenvalue weighted by Crippen LogP contribution is -2.17. The van der Waals surface area contributed by atoms with Crippen molar-refractivity contribution in [3.05, 3.63) is 65.2 Å². The van der Waals surface area contributed by atoms with Crippen LogP contribution < -0.4 is 4.90 Å². The van der Waals surface area contributed by atoms with Crippen LogP contribution in [0.4, 0.5) is 5.69 Å². The Hall–Kier alpha value is -1.80. The van der Waals surface area contributed by atoms with Gasteiger partial charge in [0.2, 0.25) is 0 Å². The van der Waals surface area contributed by atoms with E-state index in [9.17, 15) is 5.11 Å². The van der Waals surface area contributed by atoms with E-state index in [2.05, 4.69) is 55.3 Å². The third-order valence-electron chi connectivity index (χ3n) is 3.77. The topological polar surface area (TPSA) is 23.5 Å². The largest absolute Gasteiger partial charge is 0.388 e. The molecular weight excluding hydrogens is 246 g/mol. The number of hydrogen-bond acceptors (Lipinski definition) is 2. The maximum atomic E-state index is 9.82. The van der Waals surface area contributed by atoms with Gasteiger partial charge in [-0.1, -0.05) is 43.3 Å². The van der Waals surface area contributed by atoms with E-state index in [-0.39, 0.29) is 6.10 Å². The molecule has 0 aliphatic carbocycles. The molecular formula is C18H23NO. The Labute approximate surface area is 121 Å². The Balaban J connectivity index is 2.10. The summed E-state index contributed by atoms with van der Waals surface area (Å²) in [6.45, 7) is 5.02. The predicted octanol–water partition coefficient (Wildman–Crippen LogP) is 4.07. The normalized spacial score (nSPS) is 12.2. The van der Waals surface area contributed by atoms with E-state index in [1.807, 2.05) is 19.1 Å². The molecule has 1 atom stereocenters. The van der Waals surface area contributed by atoms with Gasteiger partial charge in [0.15, 0.2) is 0 Å². The first kappa shape index (κ1) is 14.6. The summed E-state index contributed by atoms with van der Waals surface area (Å²) >= 11 is 0. The lowest BCUT2D eigenvalue weighted by Gasteiger charge is -2.21. The fourth-order valence-corrected chi connectivity index (χ4v) is 2.32. The minimum atomic E-state index is -0.356. The lowest BCUT2D eigenvalue weighted by molar-refractivity contribution is 0.173. The van der Waals surface area contributed by atoms with Crippen molar-refractivity contribution in [3.63, 3.8) is 0 Å². The van der Waals surface area contributed by atoms with Gasteiger partial charge in [0.05, 0.1) is 6.10 Å². The number of aliphatic hydroxyl groups excluding tert-OH is 1. The summed E-state index contributed by atoms with van der Waals surface area (Å²) in [5.74, 6) is 0. The van der Waals surface area contributed by atoms with Crippen LogP contribution in [0.1, 0.15) is 36.1 Å². The summed E-state index contributed by atoms with van der Waals surface area (Å²) in [7, 11) is 2.09. The smallest absolute Gasteiger partial charge is 0.0787 e. The van der Waals surface area contributed by atoms with E-state index in [0.717, 1.165) is 18.5 Å². The highest BCUT2D eigenvalue weighted by atomic mass is 16.3. The van der Waals surface area contributed by atoms with Crippen molar-refractivity contribution in [2.45, 2.75) is 32.9 Å². The van der Waals surface area contributed by atoms with Gasteiger partial charge in [-0.25, -0.2) is 0 Å². The second-order valence-corrected chi connectivity index (χ2v) is 5.30. The van der Waals surface area contributed by atoms with Crippen molar-refractivity contribution in [2.75, 3.05) is 11.9 Å². The number of aliphatic hydroxyl groups is 1. The van der Waals surface area contributed by atoms with Crippen molar-refractivity contribution in [2.24, 2.45) is 0 Å². The molecule has 2 nitrogen and oxygen atoms in total. The summed E-state index contributed by atoms with van der Waals surface area (Å²) in [5.41, 5.74) is 4.81. The summed E-state index contributed by atoms with van der Waals surface area (Å²) in [6.07, 6.45) is 0.393. The first-order chi connectivity index (χ1) is 9.61. The van der Waals surface area contributed by atoms with Gasteiger partial charge in [-0.05, 0) is 42.2 Å². The summed E-state index contributed by atoms with van der Waals surface area (Å²) in [4.78, 5) is 2.23. The quantitative estimate of drug-likeness (QED) is 0.884. The van der Waals surface area contributed by atoms with E-state index < -0.39 is 0 Å². The molecule has 2 aromatic carbocycles. The number of benzene rings is 2. The van der Waals surface area contributed by atoms with Gasteiger partial charge < -0.3 is 10.0 Å². The van der Waals surface area contributed by atoms with Crippen LogP contribution in [0.5, 0.6) is 0 Å². The van der Waals surface area contributed by atoms with E-state index in [0.29, 0.717) is 0 Å². The molecule has 0 aromatic heterocycles. The summed E-state index contributed by atoms with van der Waals surface area (Å²) in [6, 6.07) is 16.6. The van der Waals surface area contributed by atoms with Crippen LogP contribution in [0.2, 0.25) is 0 Å². The van der Waals surface area contributed by atoms with Gasteiger partial charge >= 0.3 is 0 Å². The third-order valence-corrected chi connectivity index (χ3v) is 3.77. The molecule has 0 heterocycles. The van der Waals surface area contributed by atoms with Crippen molar-refractivity contribution in [3.8, 4) is 0 Å². The van der Waals surface area contributed by atoms with Crippen molar-refractivity contribution < 1.29 is 5.11 Å². The Morgan fingerprint density at radius 3 is 2.30 bits per heavy atom. The Bertz CT molecular complexity index is 548. The molecule has 0 saturated heterocycles. The minimum absolute atomic E-state index is 0.356. The van der Waals surface area contributed by atoms with Gasteiger partial charge in [0.25, 0.3) is 0 Å². The zero-order chi connectivity index (χ0) is 14.5. The monoisotopic (exact) mass is 269 g/mol. The van der Waals surface area contributed by atoms with Crippen LogP contribution in [0, 0.1) is 6.92 Å². The van der Waals surface area contributed by atoms with Gasteiger partial charge in [-0.15, -0.1) is 0 Å². The standard InChI is InChI=1S/C18H23NO/c1-4-18(20)15-9-11-17(12-10-15)19(3)13-16-8-6-5-7-14(16)2/h5-12,18,20H,4,13H2,1-3H3. The highest BCUT2D eigenvalue weighted by Crippen LogP contribution is 2.22. The Morgan fingerprint density at radius 1 is 1.05 bits per heavy atom. The molecule has 2 aromatic rings. The molecule has 2 rings (SSSR count). The molecule has 0 aliphatic heterocycles. The molecule has 0 bridgehead atoms. The van der Waals surface area contributed by atoms with E-state index >= 15 is 0 Å². The molecule has 0 aliphatic rings. The Kier molecular flexibility index (Phi) is 4.80. The number of aryl methyl sites for hydroxylation is 1. The molecule has 0 radical (unpaired) electrons. The molecule has 0 amide bonds. The summed E-state index contributed by atoms with van der Waals surface area (Å²) < 4.78 is 0. The van der Waals surface area contributed by atoms with Crippen LogP contribution in [-0.4, -0.2) is 12.2 Å². The average Bonchev–Trinajstić information content (AvgIpc) is 2.49. The predicted molar refractivity (Wildman–Crippen MR) is 85.0 cm³/mol. The first-order valence-corrected chi connectivity index (χ1v) is 7.15. The highest BCUT2D eigenvalue weighted by Gasteiger charge is 2.07. The van der Waals surface area contributed by atoms with Gasteiger partial charge in [0.1, 0.15) is 0 Å². The fraction of sp³-hybridized carbons (Fsp3) is 0.333. The maximum absolute atomic E-state index is 9.82. The third kappa shape index (κ3) is 3.40. The van der Waals surface area contributed by atoms with Crippen LogP contribution in [-0.2, 0) is 6.54 Å². The Morgan fingerprint density at radius 2 is 1.70 bits per heavy atom. The lowest BCUT2D eigenvalue weighted by atomic mass is 10.1. The molecule has 2 heteroatoms. The minimum Gasteiger partial charge on any atom is -0.388 e. The molecule has 0 fully saturated rings. The average molecular weight is 269 g/mol. The van der Waals surface area contributed by atoms with Gasteiger partial charge in [-0.2, -0.15) is 0 Å². The number of rotatable bonds is 5. The van der Waals surface area contributed by atoms with Gasteiger partial charge in [0, 0.05) is 19.3 Å². The molecule has 20 heavy (non-hydrogen) atoms.